The van der Waals surface area contributed by atoms with Crippen LogP contribution >= 0.6 is 0 Å². The van der Waals surface area contributed by atoms with Crippen molar-refractivity contribution in [1.29, 1.82) is 0 Å². The van der Waals surface area contributed by atoms with E-state index in [-0.39, 0.29) is 5.91 Å². The van der Waals surface area contributed by atoms with Crippen molar-refractivity contribution < 1.29 is 4.79 Å². The van der Waals surface area contributed by atoms with Crippen molar-refractivity contribution in [3.8, 4) is 5.82 Å². The molecule has 2 aromatic carbocycles. The zero-order valence-corrected chi connectivity index (χ0v) is 15.1. The summed E-state index contributed by atoms with van der Waals surface area (Å²) in [4.78, 5) is 21.2. The van der Waals surface area contributed by atoms with Gasteiger partial charge in [-0.15, -0.1) is 0 Å². The van der Waals surface area contributed by atoms with Crippen molar-refractivity contribution in [3.05, 3.63) is 89.9 Å². The van der Waals surface area contributed by atoms with E-state index in [1.807, 2.05) is 65.2 Å². The molecule has 0 saturated carbocycles. The molecule has 2 heterocycles. The molecule has 5 heteroatoms. The van der Waals surface area contributed by atoms with Gasteiger partial charge in [-0.2, -0.15) is 0 Å². The first-order valence-corrected chi connectivity index (χ1v) is 8.99. The summed E-state index contributed by atoms with van der Waals surface area (Å²) in [5.41, 5.74) is 4.79. The second kappa shape index (κ2) is 7.41. The van der Waals surface area contributed by atoms with Crippen LogP contribution in [-0.4, -0.2) is 20.4 Å². The third kappa shape index (κ3) is 3.58. The second-order valence-corrected chi connectivity index (χ2v) is 6.36. The number of carbonyl (C=O) groups excluding carboxylic acids is 1. The van der Waals surface area contributed by atoms with Crippen LogP contribution in [0.1, 0.15) is 28.4 Å². The monoisotopic (exact) mass is 356 g/mol. The van der Waals surface area contributed by atoms with Gasteiger partial charge < -0.3 is 5.32 Å². The number of rotatable bonds is 5. The summed E-state index contributed by atoms with van der Waals surface area (Å²) in [6.45, 7) is 2.53. The van der Waals surface area contributed by atoms with Gasteiger partial charge in [-0.05, 0) is 47.9 Å². The fraction of sp³-hybridized carbons (Fsp3) is 0.136. The van der Waals surface area contributed by atoms with E-state index in [1.165, 1.54) is 5.56 Å². The summed E-state index contributed by atoms with van der Waals surface area (Å²) in [6, 6.07) is 19.5. The lowest BCUT2D eigenvalue weighted by molar-refractivity contribution is 0.0951. The number of nitrogens with one attached hydrogen (secondary N) is 1. The van der Waals surface area contributed by atoms with Crippen LogP contribution in [0.5, 0.6) is 0 Å². The van der Waals surface area contributed by atoms with Crippen molar-refractivity contribution in [1.82, 2.24) is 19.9 Å². The molecule has 0 spiro atoms. The molecule has 27 heavy (non-hydrogen) atoms. The van der Waals surface area contributed by atoms with Gasteiger partial charge in [-0.3, -0.25) is 9.36 Å². The number of nitrogens with zero attached hydrogens (tertiary/aromatic N) is 3. The number of aromatic nitrogens is 3. The van der Waals surface area contributed by atoms with E-state index < -0.39 is 0 Å². The second-order valence-electron chi connectivity index (χ2n) is 6.36. The molecule has 1 N–H and O–H groups in total. The zero-order chi connectivity index (χ0) is 18.6. The predicted molar refractivity (Wildman–Crippen MR) is 106 cm³/mol. The van der Waals surface area contributed by atoms with Crippen molar-refractivity contribution in [3.63, 3.8) is 0 Å². The van der Waals surface area contributed by atoms with Crippen molar-refractivity contribution >= 4 is 16.9 Å². The molecule has 0 unspecified atom stereocenters. The first-order valence-electron chi connectivity index (χ1n) is 8.99. The van der Waals surface area contributed by atoms with Crippen molar-refractivity contribution in [2.45, 2.75) is 19.9 Å². The summed E-state index contributed by atoms with van der Waals surface area (Å²) < 4.78 is 1.95. The Bertz CT molecular complexity index is 1070. The summed E-state index contributed by atoms with van der Waals surface area (Å²) in [6.07, 6.45) is 4.52. The minimum Gasteiger partial charge on any atom is -0.348 e. The molecule has 1 amide bonds. The Morgan fingerprint density at radius 3 is 2.48 bits per heavy atom. The number of para-hydroxylation sites is 2. The molecule has 134 valence electrons. The summed E-state index contributed by atoms with van der Waals surface area (Å²) in [5.74, 6) is 0.719. The molecule has 0 fully saturated rings. The van der Waals surface area contributed by atoms with E-state index in [9.17, 15) is 4.79 Å². The number of hydrogen-bond acceptors (Lipinski definition) is 3. The highest BCUT2D eigenvalue weighted by atomic mass is 16.1. The van der Waals surface area contributed by atoms with Crippen LogP contribution in [0.15, 0.2) is 73.2 Å². The molecule has 0 radical (unpaired) electrons. The van der Waals surface area contributed by atoms with Crippen LogP contribution in [0.4, 0.5) is 0 Å². The largest absolute Gasteiger partial charge is 0.348 e. The number of aryl methyl sites for hydroxylation is 1. The highest BCUT2D eigenvalue weighted by Gasteiger charge is 2.07. The Labute approximate surface area is 157 Å². The first kappa shape index (κ1) is 17.0. The van der Waals surface area contributed by atoms with Crippen LogP contribution in [0.3, 0.4) is 0 Å². The van der Waals surface area contributed by atoms with Gasteiger partial charge in [-0.1, -0.05) is 37.3 Å². The number of benzene rings is 2. The van der Waals surface area contributed by atoms with Crippen molar-refractivity contribution in [2.24, 2.45) is 0 Å². The lowest BCUT2D eigenvalue weighted by Crippen LogP contribution is -2.22. The van der Waals surface area contributed by atoms with E-state index in [4.69, 9.17) is 0 Å². The Morgan fingerprint density at radius 1 is 0.963 bits per heavy atom. The number of hydrogen-bond donors (Lipinski definition) is 1. The number of carbonyl (C=O) groups is 1. The Kier molecular flexibility index (Phi) is 4.66. The summed E-state index contributed by atoms with van der Waals surface area (Å²) in [7, 11) is 0. The third-order valence-corrected chi connectivity index (χ3v) is 4.59. The molecular weight excluding hydrogens is 336 g/mol. The van der Waals surface area contributed by atoms with E-state index in [2.05, 4.69) is 22.2 Å². The van der Waals surface area contributed by atoms with Crippen LogP contribution in [0, 0.1) is 0 Å². The first-order chi connectivity index (χ1) is 13.2. The molecule has 0 aliphatic carbocycles. The maximum absolute atomic E-state index is 12.3. The molecule has 0 aliphatic rings. The predicted octanol–water partition coefficient (Wildman–Crippen LogP) is 3.91. The number of imidazole rings is 1. The van der Waals surface area contributed by atoms with Crippen LogP contribution in [0.2, 0.25) is 0 Å². The quantitative estimate of drug-likeness (QED) is 0.590. The minimum absolute atomic E-state index is 0.0812. The number of pyridine rings is 1. The van der Waals surface area contributed by atoms with Gasteiger partial charge in [0.15, 0.2) is 0 Å². The average Bonchev–Trinajstić information content (AvgIpc) is 3.16. The van der Waals surface area contributed by atoms with Gasteiger partial charge in [-0.25, -0.2) is 9.97 Å². The highest BCUT2D eigenvalue weighted by molar-refractivity contribution is 5.94. The SMILES string of the molecule is CCc1ccc(C(=O)NCc2ccc(-n3cnc4ccccc43)nc2)cc1. The normalized spacial score (nSPS) is 10.9. The van der Waals surface area contributed by atoms with Gasteiger partial charge in [0.2, 0.25) is 0 Å². The maximum atomic E-state index is 12.3. The summed E-state index contributed by atoms with van der Waals surface area (Å²) in [5, 5.41) is 2.94. The van der Waals surface area contributed by atoms with E-state index in [0.29, 0.717) is 12.1 Å². The van der Waals surface area contributed by atoms with Crippen LogP contribution in [-0.2, 0) is 13.0 Å². The Morgan fingerprint density at radius 2 is 1.74 bits per heavy atom. The zero-order valence-electron chi connectivity index (χ0n) is 15.1. The van der Waals surface area contributed by atoms with Gasteiger partial charge in [0.05, 0.1) is 11.0 Å². The molecule has 4 rings (SSSR count). The molecule has 0 aliphatic heterocycles. The van der Waals surface area contributed by atoms with E-state index in [0.717, 1.165) is 28.8 Å². The van der Waals surface area contributed by atoms with Gasteiger partial charge >= 0.3 is 0 Å². The Balaban J connectivity index is 1.44. The van der Waals surface area contributed by atoms with Crippen LogP contribution < -0.4 is 5.32 Å². The number of fused-ring (bicyclic) bond motifs is 1. The molecule has 0 atom stereocenters. The van der Waals surface area contributed by atoms with E-state index >= 15 is 0 Å². The van der Waals surface area contributed by atoms with Crippen molar-refractivity contribution in [2.75, 3.05) is 0 Å². The van der Waals surface area contributed by atoms with Gasteiger partial charge in [0.25, 0.3) is 5.91 Å². The fourth-order valence-electron chi connectivity index (χ4n) is 2.98. The minimum atomic E-state index is -0.0812. The lowest BCUT2D eigenvalue weighted by atomic mass is 10.1. The topological polar surface area (TPSA) is 59.8 Å². The summed E-state index contributed by atoms with van der Waals surface area (Å²) >= 11 is 0. The highest BCUT2D eigenvalue weighted by Crippen LogP contribution is 2.16. The smallest absolute Gasteiger partial charge is 0.251 e. The standard InChI is InChI=1S/C22H20N4O/c1-2-16-7-10-18(11-8-16)22(27)24-14-17-9-12-21(23-13-17)26-15-25-19-5-3-4-6-20(19)26/h3-13,15H,2,14H2,1H3,(H,24,27). The molecule has 5 nitrogen and oxygen atoms in total. The van der Waals surface area contributed by atoms with Gasteiger partial charge in [0, 0.05) is 18.3 Å². The number of amides is 1. The van der Waals surface area contributed by atoms with Gasteiger partial charge in [0.1, 0.15) is 12.1 Å². The van der Waals surface area contributed by atoms with Crippen LogP contribution in [0.25, 0.3) is 16.9 Å². The van der Waals surface area contributed by atoms with E-state index in [1.54, 1.807) is 12.5 Å². The average molecular weight is 356 g/mol. The maximum Gasteiger partial charge on any atom is 0.251 e. The lowest BCUT2D eigenvalue weighted by Gasteiger charge is -2.07. The molecule has 0 bridgehead atoms. The fourth-order valence-corrected chi connectivity index (χ4v) is 2.98. The molecule has 2 aromatic heterocycles. The molecule has 4 aromatic rings. The molecular formula is C22H20N4O. The molecule has 0 saturated heterocycles. The Hall–Kier alpha value is -3.47. The third-order valence-electron chi connectivity index (χ3n) is 4.59.